The molecule has 7 heteroatoms. The van der Waals surface area contributed by atoms with Gasteiger partial charge in [0.05, 0.1) is 28.8 Å². The first-order chi connectivity index (χ1) is 9.99. The summed E-state index contributed by atoms with van der Waals surface area (Å²) in [7, 11) is 0. The normalized spacial score (nSPS) is 17.2. The monoisotopic (exact) mass is 287 g/mol. The van der Waals surface area contributed by atoms with Gasteiger partial charge in [0, 0.05) is 12.1 Å². The minimum absolute atomic E-state index is 0.00886. The molecule has 1 aromatic heterocycles. The Bertz CT molecular complexity index is 751. The van der Waals surface area contributed by atoms with E-state index in [0.717, 1.165) is 0 Å². The van der Waals surface area contributed by atoms with Crippen molar-refractivity contribution in [2.24, 2.45) is 5.92 Å². The number of carbonyl (C=O) groups excluding carboxylic acids is 1. The molecule has 0 amide bonds. The Morgan fingerprint density at radius 2 is 2.24 bits per heavy atom. The molecule has 0 fully saturated rings. The van der Waals surface area contributed by atoms with Gasteiger partial charge in [-0.1, -0.05) is 13.0 Å². The zero-order chi connectivity index (χ0) is 15.1. The molecule has 0 saturated carbocycles. The molecule has 1 aliphatic rings. The number of nitro benzene ring substituents is 1. The van der Waals surface area contributed by atoms with Gasteiger partial charge in [0.1, 0.15) is 5.56 Å². The van der Waals surface area contributed by atoms with Crippen LogP contribution in [0.1, 0.15) is 23.0 Å². The molecule has 2 aromatic rings. The van der Waals surface area contributed by atoms with Gasteiger partial charge in [0.25, 0.3) is 5.69 Å². The van der Waals surface area contributed by atoms with Crippen LogP contribution in [0, 0.1) is 23.0 Å². The summed E-state index contributed by atoms with van der Waals surface area (Å²) < 4.78 is 7.07. The number of non-ortho nitro benzene ring substituents is 1. The molecule has 3 rings (SSSR count). The third-order valence-electron chi connectivity index (χ3n) is 3.47. The van der Waals surface area contributed by atoms with Gasteiger partial charge in [0.15, 0.2) is 5.78 Å². The smallest absolute Gasteiger partial charge is 0.271 e. The summed E-state index contributed by atoms with van der Waals surface area (Å²) in [4.78, 5) is 22.6. The van der Waals surface area contributed by atoms with Crippen molar-refractivity contribution in [3.05, 3.63) is 45.6 Å². The van der Waals surface area contributed by atoms with Gasteiger partial charge in [0.2, 0.25) is 5.88 Å². The molecule has 0 radical (unpaired) electrons. The van der Waals surface area contributed by atoms with Crippen LogP contribution in [-0.4, -0.2) is 27.1 Å². The van der Waals surface area contributed by atoms with Gasteiger partial charge < -0.3 is 4.74 Å². The lowest BCUT2D eigenvalue weighted by Crippen LogP contribution is -2.26. The number of ketones is 1. The second-order valence-corrected chi connectivity index (χ2v) is 5.03. The standard InChI is InChI=1S/C14H13N3O4/c1-8-7-21-14-12(13(8)18)9(2)15-16(14)10-4-3-5-11(6-10)17(19)20/h3-6,8H,7H2,1-2H3. The third-order valence-corrected chi connectivity index (χ3v) is 3.47. The van der Waals surface area contributed by atoms with Crippen LogP contribution in [0.4, 0.5) is 5.69 Å². The maximum atomic E-state index is 12.2. The second-order valence-electron chi connectivity index (χ2n) is 5.03. The predicted octanol–water partition coefficient (Wildman–Crippen LogP) is 2.30. The van der Waals surface area contributed by atoms with E-state index in [0.29, 0.717) is 22.8 Å². The number of fused-ring (bicyclic) bond motifs is 1. The van der Waals surface area contributed by atoms with E-state index < -0.39 is 4.92 Å². The SMILES string of the molecule is Cc1nn(-c2cccc([N+](=O)[O-])c2)c2c1C(=O)C(C)CO2. The fourth-order valence-corrected chi connectivity index (χ4v) is 2.36. The van der Waals surface area contributed by atoms with Crippen molar-refractivity contribution in [1.82, 2.24) is 9.78 Å². The van der Waals surface area contributed by atoms with E-state index >= 15 is 0 Å². The summed E-state index contributed by atoms with van der Waals surface area (Å²) in [5.74, 6) is 0.139. The van der Waals surface area contributed by atoms with E-state index in [1.165, 1.54) is 16.8 Å². The topological polar surface area (TPSA) is 87.3 Å². The Morgan fingerprint density at radius 1 is 1.48 bits per heavy atom. The Kier molecular flexibility index (Phi) is 2.97. The molecular formula is C14H13N3O4. The Balaban J connectivity index is 2.15. The van der Waals surface area contributed by atoms with Crippen molar-refractivity contribution >= 4 is 11.5 Å². The van der Waals surface area contributed by atoms with Crippen LogP contribution in [0.15, 0.2) is 24.3 Å². The summed E-state index contributed by atoms with van der Waals surface area (Å²) in [6.07, 6.45) is 0. The summed E-state index contributed by atoms with van der Waals surface area (Å²) in [6.45, 7) is 3.81. The minimum Gasteiger partial charge on any atom is -0.476 e. The highest BCUT2D eigenvalue weighted by atomic mass is 16.6. The Labute approximate surface area is 120 Å². The zero-order valence-corrected chi connectivity index (χ0v) is 11.6. The van der Waals surface area contributed by atoms with Crippen LogP contribution < -0.4 is 4.74 Å². The van der Waals surface area contributed by atoms with Crippen LogP contribution in [-0.2, 0) is 0 Å². The number of nitrogens with zero attached hydrogens (tertiary/aromatic N) is 3. The van der Waals surface area contributed by atoms with Crippen molar-refractivity contribution in [1.29, 1.82) is 0 Å². The molecule has 1 unspecified atom stereocenters. The Morgan fingerprint density at radius 3 is 2.95 bits per heavy atom. The molecule has 0 N–H and O–H groups in total. The van der Waals surface area contributed by atoms with Crippen LogP contribution in [0.2, 0.25) is 0 Å². The fourth-order valence-electron chi connectivity index (χ4n) is 2.36. The van der Waals surface area contributed by atoms with E-state index in [1.807, 2.05) is 0 Å². The van der Waals surface area contributed by atoms with Crippen LogP contribution in [0.3, 0.4) is 0 Å². The first-order valence-electron chi connectivity index (χ1n) is 6.50. The van der Waals surface area contributed by atoms with Gasteiger partial charge >= 0.3 is 0 Å². The van der Waals surface area contributed by atoms with Crippen molar-refractivity contribution in [2.75, 3.05) is 6.61 Å². The van der Waals surface area contributed by atoms with Crippen molar-refractivity contribution in [3.63, 3.8) is 0 Å². The van der Waals surface area contributed by atoms with Gasteiger partial charge in [-0.25, -0.2) is 0 Å². The summed E-state index contributed by atoms with van der Waals surface area (Å²) in [6, 6.07) is 6.06. The second kappa shape index (κ2) is 4.69. The number of hydrogen-bond donors (Lipinski definition) is 0. The number of hydrogen-bond acceptors (Lipinski definition) is 5. The highest BCUT2D eigenvalue weighted by molar-refractivity contribution is 6.01. The van der Waals surface area contributed by atoms with Crippen LogP contribution in [0.5, 0.6) is 5.88 Å². The average molecular weight is 287 g/mol. The molecule has 0 saturated heterocycles. The molecule has 0 spiro atoms. The summed E-state index contributed by atoms with van der Waals surface area (Å²) >= 11 is 0. The number of benzene rings is 1. The molecule has 1 atom stereocenters. The number of rotatable bonds is 2. The van der Waals surface area contributed by atoms with Gasteiger partial charge in [-0.3, -0.25) is 14.9 Å². The summed E-state index contributed by atoms with van der Waals surface area (Å²) in [5.41, 5.74) is 1.48. The molecule has 1 aliphatic heterocycles. The quantitative estimate of drug-likeness (QED) is 0.624. The molecule has 2 heterocycles. The van der Waals surface area contributed by atoms with Crippen LogP contribution >= 0.6 is 0 Å². The van der Waals surface area contributed by atoms with E-state index in [-0.39, 0.29) is 24.0 Å². The van der Waals surface area contributed by atoms with Crippen molar-refractivity contribution in [3.8, 4) is 11.6 Å². The molecule has 0 bridgehead atoms. The number of aromatic nitrogens is 2. The number of Topliss-reactive ketones (excluding diaryl/α,β-unsaturated/α-hetero) is 1. The van der Waals surface area contributed by atoms with Crippen molar-refractivity contribution in [2.45, 2.75) is 13.8 Å². The van der Waals surface area contributed by atoms with E-state index in [1.54, 1.807) is 26.0 Å². The zero-order valence-electron chi connectivity index (χ0n) is 11.6. The molecule has 1 aromatic carbocycles. The number of carbonyl (C=O) groups is 1. The highest BCUT2D eigenvalue weighted by Gasteiger charge is 2.32. The molecule has 108 valence electrons. The lowest BCUT2D eigenvalue weighted by atomic mass is 9.98. The minimum atomic E-state index is -0.472. The Hall–Kier alpha value is -2.70. The number of ether oxygens (including phenoxy) is 1. The molecule has 7 nitrogen and oxygen atoms in total. The largest absolute Gasteiger partial charge is 0.476 e. The molecular weight excluding hydrogens is 274 g/mol. The molecule has 21 heavy (non-hydrogen) atoms. The van der Waals surface area contributed by atoms with Crippen molar-refractivity contribution < 1.29 is 14.5 Å². The lowest BCUT2D eigenvalue weighted by molar-refractivity contribution is -0.384. The first kappa shape index (κ1) is 13.3. The average Bonchev–Trinajstić information content (AvgIpc) is 2.81. The summed E-state index contributed by atoms with van der Waals surface area (Å²) in [5, 5.41) is 15.2. The predicted molar refractivity (Wildman–Crippen MR) is 73.9 cm³/mol. The van der Waals surface area contributed by atoms with E-state index in [9.17, 15) is 14.9 Å². The number of aryl methyl sites for hydroxylation is 1. The van der Waals surface area contributed by atoms with Gasteiger partial charge in [-0.2, -0.15) is 9.78 Å². The lowest BCUT2D eigenvalue weighted by Gasteiger charge is -2.19. The maximum Gasteiger partial charge on any atom is 0.271 e. The van der Waals surface area contributed by atoms with Crippen LogP contribution in [0.25, 0.3) is 5.69 Å². The number of nitro groups is 1. The third kappa shape index (κ3) is 2.06. The highest BCUT2D eigenvalue weighted by Crippen LogP contribution is 2.32. The first-order valence-corrected chi connectivity index (χ1v) is 6.50. The van der Waals surface area contributed by atoms with Gasteiger partial charge in [-0.15, -0.1) is 0 Å². The maximum absolute atomic E-state index is 12.2. The van der Waals surface area contributed by atoms with Gasteiger partial charge in [-0.05, 0) is 13.0 Å². The van der Waals surface area contributed by atoms with E-state index in [2.05, 4.69) is 5.10 Å². The molecule has 0 aliphatic carbocycles. The fraction of sp³-hybridized carbons (Fsp3) is 0.286. The van der Waals surface area contributed by atoms with E-state index in [4.69, 9.17) is 4.74 Å².